The minimum absolute atomic E-state index is 0.0258. The van der Waals surface area contributed by atoms with E-state index in [4.69, 9.17) is 16.2 Å². The molecule has 5 aliphatic rings. The number of amides is 2. The highest BCUT2D eigenvalue weighted by Gasteiger charge is 2.79. The van der Waals surface area contributed by atoms with E-state index in [-0.39, 0.29) is 40.8 Å². The maximum Gasteiger partial charge on any atom is 0.217 e. The molecule has 4 N–H and O–H groups in total. The Balaban J connectivity index is 1.37. The van der Waals surface area contributed by atoms with E-state index in [1.54, 1.807) is 0 Å². The van der Waals surface area contributed by atoms with Crippen LogP contribution < -0.4 is 11.5 Å². The summed E-state index contributed by atoms with van der Waals surface area (Å²) >= 11 is 0. The van der Waals surface area contributed by atoms with Crippen molar-refractivity contribution in [2.45, 2.75) is 123 Å². The fourth-order valence-corrected chi connectivity index (χ4v) is 11.1. The van der Waals surface area contributed by atoms with Crippen molar-refractivity contribution in [3.63, 3.8) is 0 Å². The number of hydrogen-bond donors (Lipinski definition) is 2. The van der Waals surface area contributed by atoms with Crippen molar-refractivity contribution in [3.05, 3.63) is 0 Å². The predicted molar refractivity (Wildman–Crippen MR) is 143 cm³/mol. The van der Waals surface area contributed by atoms with Gasteiger partial charge >= 0.3 is 0 Å². The lowest BCUT2D eigenvalue weighted by Gasteiger charge is -2.61. The largest absolute Gasteiger partial charge is 0.370 e. The Morgan fingerprint density at radius 1 is 0.917 bits per heavy atom. The van der Waals surface area contributed by atoms with Gasteiger partial charge in [0.25, 0.3) is 0 Å². The smallest absolute Gasteiger partial charge is 0.217 e. The van der Waals surface area contributed by atoms with Crippen molar-refractivity contribution in [2.24, 2.45) is 69.6 Å². The van der Waals surface area contributed by atoms with Crippen LogP contribution in [-0.4, -0.2) is 23.5 Å². The Kier molecular flexibility index (Phi) is 6.83. The van der Waals surface area contributed by atoms with Crippen molar-refractivity contribution >= 4 is 11.8 Å². The van der Waals surface area contributed by atoms with Gasteiger partial charge in [-0.3, -0.25) is 9.59 Å². The predicted octanol–water partition coefficient (Wildman–Crippen LogP) is 5.83. The third-order valence-electron chi connectivity index (χ3n) is 12.6. The molecule has 5 nitrogen and oxygen atoms in total. The molecule has 4 aliphatic carbocycles. The summed E-state index contributed by atoms with van der Waals surface area (Å²) in [7, 11) is 0. The first-order valence-corrected chi connectivity index (χ1v) is 15.2. The van der Waals surface area contributed by atoms with E-state index in [2.05, 4.69) is 34.6 Å². The summed E-state index contributed by atoms with van der Waals surface area (Å²) in [5, 5.41) is 0. The van der Waals surface area contributed by atoms with Gasteiger partial charge in [-0.05, 0) is 91.8 Å². The van der Waals surface area contributed by atoms with Crippen molar-refractivity contribution in [1.82, 2.24) is 0 Å². The third-order valence-corrected chi connectivity index (χ3v) is 12.6. The topological polar surface area (TPSA) is 98.7 Å². The first-order valence-electron chi connectivity index (χ1n) is 15.2. The van der Waals surface area contributed by atoms with Gasteiger partial charge in [-0.15, -0.1) is 0 Å². The molecule has 5 fully saturated rings. The lowest BCUT2D eigenvalue weighted by molar-refractivity contribution is -0.141. The van der Waals surface area contributed by atoms with Gasteiger partial charge in [0.05, 0.1) is 6.10 Å². The highest BCUT2D eigenvalue weighted by atomic mass is 16.6. The summed E-state index contributed by atoms with van der Waals surface area (Å²) in [5.41, 5.74) is 11.6. The molecule has 1 saturated heterocycles. The highest BCUT2D eigenvalue weighted by molar-refractivity contribution is 5.76. The number of epoxide rings is 1. The normalized spacial score (nSPS) is 47.9. The van der Waals surface area contributed by atoms with Gasteiger partial charge in [-0.1, -0.05) is 53.9 Å². The number of ether oxygens (including phenoxy) is 1. The van der Waals surface area contributed by atoms with Crippen molar-refractivity contribution < 1.29 is 14.3 Å². The van der Waals surface area contributed by atoms with Gasteiger partial charge in [-0.2, -0.15) is 0 Å². The number of carbonyl (C=O) groups excluding carboxylic acids is 2. The Morgan fingerprint density at radius 3 is 2.31 bits per heavy atom. The third kappa shape index (κ3) is 3.96. The van der Waals surface area contributed by atoms with Crippen LogP contribution in [0.15, 0.2) is 0 Å². The average molecular weight is 501 g/mol. The summed E-state index contributed by atoms with van der Waals surface area (Å²) in [6.07, 6.45) is 13.5. The van der Waals surface area contributed by atoms with Gasteiger partial charge in [0.15, 0.2) is 0 Å². The van der Waals surface area contributed by atoms with Crippen LogP contribution in [0.3, 0.4) is 0 Å². The Labute approximate surface area is 219 Å². The van der Waals surface area contributed by atoms with Crippen molar-refractivity contribution in [1.29, 1.82) is 0 Å². The van der Waals surface area contributed by atoms with Crippen LogP contribution in [0.4, 0.5) is 0 Å². The second-order valence-corrected chi connectivity index (χ2v) is 14.7. The lowest BCUT2D eigenvalue weighted by atomic mass is 9.41. The Bertz CT molecular complexity index is 874. The Morgan fingerprint density at radius 2 is 1.64 bits per heavy atom. The fourth-order valence-electron chi connectivity index (χ4n) is 11.1. The molecule has 0 aromatic carbocycles. The first-order chi connectivity index (χ1) is 16.9. The van der Waals surface area contributed by atoms with Crippen LogP contribution in [0, 0.1) is 58.2 Å². The zero-order chi connectivity index (χ0) is 26.0. The highest BCUT2D eigenvalue weighted by Crippen LogP contribution is 2.76. The number of fused-ring (bicyclic) bond motifs is 4. The van der Waals surface area contributed by atoms with Crippen LogP contribution in [0.2, 0.25) is 0 Å². The van der Waals surface area contributed by atoms with E-state index in [0.29, 0.717) is 24.2 Å². The molecule has 0 aromatic heterocycles. The maximum absolute atomic E-state index is 12.2. The minimum atomic E-state index is -0.280. The van der Waals surface area contributed by atoms with Crippen molar-refractivity contribution in [3.8, 4) is 0 Å². The number of primary amides is 2. The average Bonchev–Trinajstić information content (AvgIpc) is 3.40. The van der Waals surface area contributed by atoms with E-state index in [9.17, 15) is 9.59 Å². The van der Waals surface area contributed by atoms with Crippen LogP contribution in [-0.2, 0) is 14.3 Å². The molecular weight excluding hydrogens is 448 g/mol. The van der Waals surface area contributed by atoms with Gasteiger partial charge in [-0.25, -0.2) is 0 Å². The molecule has 0 bridgehead atoms. The molecule has 36 heavy (non-hydrogen) atoms. The molecule has 1 aliphatic heterocycles. The number of rotatable bonds is 9. The summed E-state index contributed by atoms with van der Waals surface area (Å²) in [4.78, 5) is 24.1. The number of nitrogens with two attached hydrogens (primary N) is 2. The fraction of sp³-hybridized carbons (Fsp3) is 0.935. The standard InChI is InChI=1S/C31H52N2O3/c1-18(2)7-6-8-19(3)22-9-10-23-21-16-26-31(36-26)25(17-28(33)35)20(15-27(32)34)11-14-30(31,5)24(21)12-13-29(22,23)4/h18-26H,6-17H2,1-5H3,(H2,32,34)(H2,33,35)/t19-,20?,21+,22-,23+,24+,25?,26?,29-,30-,31?/m1/s1. The van der Waals surface area contributed by atoms with Gasteiger partial charge < -0.3 is 16.2 Å². The molecule has 4 unspecified atom stereocenters. The van der Waals surface area contributed by atoms with Crippen LogP contribution in [0.5, 0.6) is 0 Å². The molecule has 204 valence electrons. The van der Waals surface area contributed by atoms with E-state index in [1.165, 1.54) is 44.9 Å². The SMILES string of the molecule is CC(C)CCC[C@@H](C)[C@H]1CC[C@H]2[C@@H]3CC4OC45C(CC(N)=O)C(CC(N)=O)CC[C@]5(C)[C@H]3CC[C@]12C. The van der Waals surface area contributed by atoms with Gasteiger partial charge in [0, 0.05) is 24.2 Å². The molecular formula is C31H52N2O3. The van der Waals surface area contributed by atoms with E-state index >= 15 is 0 Å². The number of carbonyl (C=O) groups is 2. The zero-order valence-corrected chi connectivity index (χ0v) is 23.6. The van der Waals surface area contributed by atoms with E-state index in [1.807, 2.05) is 0 Å². The van der Waals surface area contributed by atoms with Gasteiger partial charge in [0.1, 0.15) is 5.60 Å². The second kappa shape index (κ2) is 9.27. The van der Waals surface area contributed by atoms with E-state index in [0.717, 1.165) is 48.9 Å². The molecule has 5 rings (SSSR count). The van der Waals surface area contributed by atoms with Crippen molar-refractivity contribution in [2.75, 3.05) is 0 Å². The maximum atomic E-state index is 12.2. The molecule has 0 aromatic rings. The quantitative estimate of drug-likeness (QED) is 0.389. The van der Waals surface area contributed by atoms with Gasteiger partial charge in [0.2, 0.25) is 11.8 Å². The van der Waals surface area contributed by atoms with Crippen LogP contribution >= 0.6 is 0 Å². The molecule has 11 atom stereocenters. The molecule has 2 amide bonds. The van der Waals surface area contributed by atoms with Crippen LogP contribution in [0.1, 0.15) is 112 Å². The monoisotopic (exact) mass is 500 g/mol. The molecule has 0 radical (unpaired) electrons. The summed E-state index contributed by atoms with van der Waals surface area (Å²) in [6.45, 7) is 12.3. The minimum Gasteiger partial charge on any atom is -0.370 e. The molecule has 1 heterocycles. The van der Waals surface area contributed by atoms with Crippen LogP contribution in [0.25, 0.3) is 0 Å². The lowest BCUT2D eigenvalue weighted by Crippen LogP contribution is -2.61. The summed E-state index contributed by atoms with van der Waals surface area (Å²) in [6, 6.07) is 0. The molecule has 1 spiro atoms. The summed E-state index contributed by atoms with van der Waals surface area (Å²) in [5.74, 6) is 4.24. The summed E-state index contributed by atoms with van der Waals surface area (Å²) < 4.78 is 6.76. The zero-order valence-electron chi connectivity index (χ0n) is 23.6. The second-order valence-electron chi connectivity index (χ2n) is 14.7. The molecule has 4 saturated carbocycles. The Hall–Kier alpha value is -1.10. The molecule has 5 heteroatoms. The van der Waals surface area contributed by atoms with E-state index < -0.39 is 0 Å². The first kappa shape index (κ1) is 26.5. The number of hydrogen-bond acceptors (Lipinski definition) is 3.